The van der Waals surface area contributed by atoms with Crippen molar-refractivity contribution in [2.45, 2.75) is 38.5 Å². The van der Waals surface area contributed by atoms with Crippen LogP contribution in [0.2, 0.25) is 0 Å². The molecular formula is C28H30BrIN4O. The maximum atomic E-state index is 13.4. The van der Waals surface area contributed by atoms with Crippen molar-refractivity contribution >= 4 is 44.2 Å². The lowest BCUT2D eigenvalue weighted by molar-refractivity contribution is 0.608. The van der Waals surface area contributed by atoms with Gasteiger partial charge in [0.25, 0.3) is 0 Å². The van der Waals surface area contributed by atoms with Crippen molar-refractivity contribution in [2.75, 3.05) is 23.8 Å². The summed E-state index contributed by atoms with van der Waals surface area (Å²) >= 11 is 5.66. The number of fused-ring (bicyclic) bond motifs is 1. The fourth-order valence-corrected chi connectivity index (χ4v) is 5.36. The van der Waals surface area contributed by atoms with Crippen LogP contribution in [0.1, 0.15) is 38.5 Å². The predicted octanol–water partition coefficient (Wildman–Crippen LogP) is 7.18. The quantitative estimate of drug-likeness (QED) is 0.0987. The first-order valence-electron chi connectivity index (χ1n) is 12.1. The summed E-state index contributed by atoms with van der Waals surface area (Å²) in [5.41, 5.74) is 4.07. The van der Waals surface area contributed by atoms with Crippen molar-refractivity contribution in [3.05, 3.63) is 80.5 Å². The van der Waals surface area contributed by atoms with Gasteiger partial charge in [0.2, 0.25) is 5.43 Å². The molecule has 0 saturated heterocycles. The maximum absolute atomic E-state index is 13.4. The lowest BCUT2D eigenvalue weighted by Crippen LogP contribution is -2.28. The normalized spacial score (nSPS) is 11.2. The third-order valence-electron chi connectivity index (χ3n) is 6.11. The molecule has 0 N–H and O–H groups in total. The summed E-state index contributed by atoms with van der Waals surface area (Å²) < 4.78 is 2.49. The van der Waals surface area contributed by atoms with E-state index in [1.54, 1.807) is 0 Å². The number of hydrogen-bond acceptors (Lipinski definition) is 4. The van der Waals surface area contributed by atoms with E-state index >= 15 is 0 Å². The molecule has 2 aromatic rings. The second-order valence-corrected chi connectivity index (χ2v) is 10.6. The SMILES string of the molecule is CN(CCCCCCCCBr)c1cc2nc(-c3ccccc3)nn(-c3ccccc3)c-2c(I)c1=O. The van der Waals surface area contributed by atoms with Crippen LogP contribution in [-0.2, 0) is 0 Å². The summed E-state index contributed by atoms with van der Waals surface area (Å²) in [5, 5.41) is 5.94. The lowest BCUT2D eigenvalue weighted by atomic mass is 10.1. The smallest absolute Gasteiger partial charge is 0.217 e. The second-order valence-electron chi connectivity index (χ2n) is 8.69. The van der Waals surface area contributed by atoms with E-state index in [2.05, 4.69) is 43.4 Å². The molecule has 7 heteroatoms. The maximum Gasteiger partial charge on any atom is 0.217 e. The van der Waals surface area contributed by atoms with Crippen LogP contribution in [0.25, 0.3) is 28.5 Å². The molecule has 0 unspecified atom stereocenters. The van der Waals surface area contributed by atoms with Gasteiger partial charge in [-0.3, -0.25) is 4.79 Å². The number of para-hydroxylation sites is 1. The first-order chi connectivity index (χ1) is 17.1. The van der Waals surface area contributed by atoms with Crippen molar-refractivity contribution in [3.8, 4) is 28.5 Å². The van der Waals surface area contributed by atoms with Gasteiger partial charge in [0, 0.05) is 24.5 Å². The standard InChI is InChI=1S/C28H30BrIN4O/c1-33(19-13-5-3-2-4-12-18-29)24-20-23-26(25(30)27(24)35)34(22-16-10-7-11-17-22)32-28(31-23)21-14-8-6-9-15-21/h6-11,14-17,20H,2-5,12-13,18-19H2,1H3. The minimum Gasteiger partial charge on any atom is -0.371 e. The van der Waals surface area contributed by atoms with Gasteiger partial charge in [0.05, 0.1) is 20.6 Å². The summed E-state index contributed by atoms with van der Waals surface area (Å²) in [7, 11) is 2.01. The molecule has 182 valence electrons. The van der Waals surface area contributed by atoms with Crippen LogP contribution in [0.3, 0.4) is 0 Å². The molecule has 2 aliphatic rings. The van der Waals surface area contributed by atoms with Gasteiger partial charge >= 0.3 is 0 Å². The molecule has 2 aromatic carbocycles. The van der Waals surface area contributed by atoms with Crippen LogP contribution >= 0.6 is 38.5 Å². The zero-order valence-electron chi connectivity index (χ0n) is 20.0. The monoisotopic (exact) mass is 644 g/mol. The van der Waals surface area contributed by atoms with E-state index in [0.717, 1.165) is 40.9 Å². The fourth-order valence-electron chi connectivity index (χ4n) is 4.18. The highest BCUT2D eigenvalue weighted by atomic mass is 127. The highest BCUT2D eigenvalue weighted by Crippen LogP contribution is 2.31. The molecule has 0 fully saturated rings. The average molecular weight is 645 g/mol. The molecule has 1 heterocycles. The number of rotatable bonds is 11. The lowest BCUT2D eigenvalue weighted by Gasteiger charge is -2.22. The highest BCUT2D eigenvalue weighted by molar-refractivity contribution is 14.1. The van der Waals surface area contributed by atoms with Crippen molar-refractivity contribution in [1.82, 2.24) is 14.8 Å². The van der Waals surface area contributed by atoms with Crippen molar-refractivity contribution < 1.29 is 0 Å². The number of benzene rings is 3. The van der Waals surface area contributed by atoms with Crippen LogP contribution in [-0.4, -0.2) is 33.7 Å². The Morgan fingerprint density at radius 1 is 0.914 bits per heavy atom. The van der Waals surface area contributed by atoms with Gasteiger partial charge in [-0.2, -0.15) is 0 Å². The summed E-state index contributed by atoms with van der Waals surface area (Å²) in [5.74, 6) is 0.633. The molecule has 0 aromatic heterocycles. The molecule has 5 nitrogen and oxygen atoms in total. The van der Waals surface area contributed by atoms with Crippen molar-refractivity contribution in [3.63, 3.8) is 0 Å². The Kier molecular flexibility index (Phi) is 9.31. The molecule has 35 heavy (non-hydrogen) atoms. The Hall–Kier alpha value is -2.26. The largest absolute Gasteiger partial charge is 0.371 e. The zero-order chi connectivity index (χ0) is 24.6. The minimum absolute atomic E-state index is 0.0265. The van der Waals surface area contributed by atoms with E-state index in [1.807, 2.05) is 78.5 Å². The molecule has 0 saturated carbocycles. The van der Waals surface area contributed by atoms with Crippen molar-refractivity contribution in [2.24, 2.45) is 0 Å². The molecule has 0 amide bonds. The third-order valence-corrected chi connectivity index (χ3v) is 7.67. The number of halogens is 2. The van der Waals surface area contributed by atoms with Crippen LogP contribution in [0, 0.1) is 3.57 Å². The van der Waals surface area contributed by atoms with Gasteiger partial charge in [-0.25, -0.2) is 9.67 Å². The molecule has 1 aliphatic carbocycles. The fraction of sp³-hybridized carbons (Fsp3) is 0.321. The molecule has 4 rings (SSSR count). The van der Waals surface area contributed by atoms with Gasteiger partial charge in [0.1, 0.15) is 5.69 Å². The Morgan fingerprint density at radius 2 is 1.54 bits per heavy atom. The Morgan fingerprint density at radius 3 is 2.23 bits per heavy atom. The van der Waals surface area contributed by atoms with E-state index < -0.39 is 0 Å². The topological polar surface area (TPSA) is 51.0 Å². The first kappa shape index (κ1) is 25.8. The van der Waals surface area contributed by atoms with Crippen molar-refractivity contribution in [1.29, 1.82) is 0 Å². The third kappa shape index (κ3) is 6.30. The van der Waals surface area contributed by atoms with Gasteiger partial charge < -0.3 is 4.90 Å². The van der Waals surface area contributed by atoms with Gasteiger partial charge in [-0.05, 0) is 53.6 Å². The molecule has 0 radical (unpaired) electrons. The zero-order valence-corrected chi connectivity index (χ0v) is 23.7. The molecule has 1 aliphatic heterocycles. The van der Waals surface area contributed by atoms with Gasteiger partial charge in [0.15, 0.2) is 5.82 Å². The van der Waals surface area contributed by atoms with E-state index in [4.69, 9.17) is 10.1 Å². The van der Waals surface area contributed by atoms with E-state index in [9.17, 15) is 4.79 Å². The highest BCUT2D eigenvalue weighted by Gasteiger charge is 2.23. The summed E-state index contributed by atoms with van der Waals surface area (Å²) in [4.78, 5) is 20.4. The van der Waals surface area contributed by atoms with E-state index in [1.165, 1.54) is 32.1 Å². The number of alkyl halides is 1. The number of anilines is 1. The summed E-state index contributed by atoms with van der Waals surface area (Å²) in [6.07, 6.45) is 7.28. The average Bonchev–Trinajstić information content (AvgIpc) is 2.90. The second kappa shape index (κ2) is 12.6. The molecular weight excluding hydrogens is 615 g/mol. The minimum atomic E-state index is 0.0265. The number of unbranched alkanes of at least 4 members (excludes halogenated alkanes) is 5. The van der Waals surface area contributed by atoms with E-state index in [-0.39, 0.29) is 5.43 Å². The van der Waals surface area contributed by atoms with Crippen LogP contribution in [0.15, 0.2) is 71.5 Å². The van der Waals surface area contributed by atoms with Gasteiger partial charge in [-0.1, -0.05) is 90.1 Å². The first-order valence-corrected chi connectivity index (χ1v) is 14.3. The Labute approximate surface area is 229 Å². The molecule has 0 spiro atoms. The molecule has 0 bridgehead atoms. The number of nitrogens with zero attached hydrogens (tertiary/aromatic N) is 4. The summed E-state index contributed by atoms with van der Waals surface area (Å²) in [6.45, 7) is 0.852. The predicted molar refractivity (Wildman–Crippen MR) is 157 cm³/mol. The Balaban J connectivity index is 1.69. The van der Waals surface area contributed by atoms with Crippen LogP contribution in [0.5, 0.6) is 0 Å². The summed E-state index contributed by atoms with van der Waals surface area (Å²) in [6, 6.07) is 21.8. The van der Waals surface area contributed by atoms with E-state index in [0.29, 0.717) is 15.1 Å². The number of aromatic nitrogens is 3. The Bertz CT molecular complexity index is 1260. The van der Waals surface area contributed by atoms with Crippen LogP contribution in [0.4, 0.5) is 5.69 Å². The van der Waals surface area contributed by atoms with Gasteiger partial charge in [-0.15, -0.1) is 5.10 Å². The van der Waals surface area contributed by atoms with Crippen LogP contribution < -0.4 is 10.3 Å². The molecule has 0 atom stereocenters. The number of hydrogen-bond donors (Lipinski definition) is 0.